The van der Waals surface area contributed by atoms with Crippen molar-refractivity contribution in [1.29, 1.82) is 0 Å². The highest BCUT2D eigenvalue weighted by molar-refractivity contribution is 6.32. The summed E-state index contributed by atoms with van der Waals surface area (Å²) in [6, 6.07) is 1.84. The van der Waals surface area contributed by atoms with Gasteiger partial charge in [0.25, 0.3) is 0 Å². The molecule has 1 amide bonds. The van der Waals surface area contributed by atoms with Gasteiger partial charge in [0.1, 0.15) is 5.75 Å². The summed E-state index contributed by atoms with van der Waals surface area (Å²) in [6.45, 7) is 4.02. The first-order valence-corrected chi connectivity index (χ1v) is 11.6. The number of nitrogens with two attached hydrogens (primary N) is 1. The molecule has 3 aliphatic rings. The molecule has 0 aromatic heterocycles. The number of ketones is 4. The van der Waals surface area contributed by atoms with E-state index in [1.807, 2.05) is 0 Å². The number of fused-ring (bicyclic) bond motifs is 3. The number of carbonyl (C=O) groups excluding carboxylic acids is 5. The minimum Gasteiger partial charge on any atom is -0.507 e. The van der Waals surface area contributed by atoms with Crippen molar-refractivity contribution in [3.05, 3.63) is 41.5 Å². The van der Waals surface area contributed by atoms with Gasteiger partial charge in [0, 0.05) is 12.5 Å². The van der Waals surface area contributed by atoms with Gasteiger partial charge in [-0.2, -0.15) is 5.48 Å². The van der Waals surface area contributed by atoms with E-state index >= 15 is 0 Å². The maximum absolute atomic E-state index is 13.7. The van der Waals surface area contributed by atoms with Gasteiger partial charge in [-0.3, -0.25) is 33.7 Å². The molecule has 11 nitrogen and oxygen atoms in total. The van der Waals surface area contributed by atoms with Crippen LogP contribution >= 0.6 is 0 Å². The Morgan fingerprint density at radius 3 is 2.58 bits per heavy atom. The third-order valence-electron chi connectivity index (χ3n) is 7.61. The fourth-order valence-electron chi connectivity index (χ4n) is 6.08. The summed E-state index contributed by atoms with van der Waals surface area (Å²) >= 11 is 0. The van der Waals surface area contributed by atoms with Gasteiger partial charge in [-0.25, -0.2) is 0 Å². The fourth-order valence-corrected chi connectivity index (χ4v) is 6.08. The van der Waals surface area contributed by atoms with Crippen molar-refractivity contribution in [2.75, 3.05) is 20.7 Å². The molecule has 1 aromatic rings. The third kappa shape index (κ3) is 3.70. The van der Waals surface area contributed by atoms with Gasteiger partial charge in [-0.05, 0) is 50.0 Å². The summed E-state index contributed by atoms with van der Waals surface area (Å²) in [5.74, 6) is -10.6. The van der Waals surface area contributed by atoms with Gasteiger partial charge in [-0.15, -0.1) is 6.58 Å². The van der Waals surface area contributed by atoms with Crippen LogP contribution in [0.2, 0.25) is 0 Å². The second-order valence-electron chi connectivity index (χ2n) is 9.81. The molecule has 36 heavy (non-hydrogen) atoms. The molecule has 0 saturated heterocycles. The molecule has 11 heteroatoms. The molecule has 192 valence electrons. The van der Waals surface area contributed by atoms with Gasteiger partial charge in [0.15, 0.2) is 34.7 Å². The number of likely N-dealkylation sites (N-methyl/N-ethyl adjacent to an activating group) is 1. The molecule has 0 spiro atoms. The first-order chi connectivity index (χ1) is 17.0. The number of carbonyl (C=O) groups is 5. The number of hydrogen-bond donors (Lipinski definition) is 4. The number of benzene rings is 1. The Kier molecular flexibility index (Phi) is 6.69. The summed E-state index contributed by atoms with van der Waals surface area (Å²) < 4.78 is 0. The van der Waals surface area contributed by atoms with Gasteiger partial charge in [0.05, 0.1) is 24.1 Å². The number of nitrogens with one attached hydrogen (secondary N) is 1. The molecule has 0 heterocycles. The van der Waals surface area contributed by atoms with Crippen LogP contribution in [0.5, 0.6) is 5.75 Å². The maximum Gasteiger partial charge on any atom is 0.235 e. The molecule has 2 fully saturated rings. The van der Waals surface area contributed by atoms with E-state index in [4.69, 9.17) is 10.6 Å². The van der Waals surface area contributed by atoms with Crippen molar-refractivity contribution >= 4 is 29.0 Å². The number of Topliss-reactive ketones (excluding diaryl/α,β-unsaturated/α-hetero) is 4. The molecule has 5 N–H and O–H groups in total. The molecule has 0 radical (unpaired) electrons. The lowest BCUT2D eigenvalue weighted by Crippen LogP contribution is -2.74. The van der Waals surface area contributed by atoms with E-state index in [1.165, 1.54) is 11.0 Å². The molecule has 1 aromatic carbocycles. The quantitative estimate of drug-likeness (QED) is 0.159. The number of phenols is 1. The summed E-state index contributed by atoms with van der Waals surface area (Å²) in [4.78, 5) is 72.3. The Morgan fingerprint density at radius 2 is 1.97 bits per heavy atom. The van der Waals surface area contributed by atoms with E-state index in [-0.39, 0.29) is 37.3 Å². The largest absolute Gasteiger partial charge is 0.507 e. The lowest BCUT2D eigenvalue weighted by Gasteiger charge is -2.52. The summed E-state index contributed by atoms with van der Waals surface area (Å²) in [6.07, 6.45) is 1.75. The fraction of sp³-hybridized carbons (Fsp3) is 0.480. The van der Waals surface area contributed by atoms with E-state index < -0.39 is 64.4 Å². The Morgan fingerprint density at radius 1 is 1.28 bits per heavy atom. The number of nitrogens with zero attached hydrogens (tertiary/aromatic N) is 1. The zero-order valence-corrected chi connectivity index (χ0v) is 20.0. The number of phenolic OH excluding ortho intramolecular Hbond substituents is 1. The number of rotatable bonds is 7. The van der Waals surface area contributed by atoms with Crippen molar-refractivity contribution in [2.24, 2.45) is 29.4 Å². The maximum atomic E-state index is 13.7. The number of hydrogen-bond acceptors (Lipinski definition) is 10. The van der Waals surface area contributed by atoms with Crippen LogP contribution in [-0.4, -0.2) is 76.5 Å². The van der Waals surface area contributed by atoms with Gasteiger partial charge < -0.3 is 15.9 Å². The lowest BCUT2D eigenvalue weighted by atomic mass is 9.52. The van der Waals surface area contributed by atoms with Crippen LogP contribution in [0.1, 0.15) is 27.9 Å². The second kappa shape index (κ2) is 9.32. The number of amides is 1. The predicted molar refractivity (Wildman–Crippen MR) is 124 cm³/mol. The smallest absolute Gasteiger partial charge is 0.235 e. The van der Waals surface area contributed by atoms with Gasteiger partial charge in [0.2, 0.25) is 5.91 Å². The average molecular weight is 500 g/mol. The Bertz CT molecular complexity index is 1180. The summed E-state index contributed by atoms with van der Waals surface area (Å²) in [5, 5.41) is 22.1. The van der Waals surface area contributed by atoms with Crippen LogP contribution in [0.3, 0.4) is 0 Å². The third-order valence-corrected chi connectivity index (χ3v) is 7.61. The number of hydroxylamine groups is 1. The molecular formula is C25H29N3O8. The van der Waals surface area contributed by atoms with Crippen LogP contribution in [0.4, 0.5) is 0 Å². The standard InChI is InChI=1S/C25H29N3O8/c1-4-7-36-27-10-11-5-6-15(29)17-13(11)8-12-9-14-19(28(2)3)21(31)18(24(26)34)23(33)25(14,35)22(32)16(12)20(17)30/h4-6,12,14,16,18-19,27,29,35H,1,7-10H2,2-3H3,(H2,26,34)/t12-,14-,16?,18?,19-,25-/m0/s1. The van der Waals surface area contributed by atoms with Crippen LogP contribution in [0.15, 0.2) is 24.8 Å². The monoisotopic (exact) mass is 499 g/mol. The van der Waals surface area contributed by atoms with Crippen molar-refractivity contribution in [3.8, 4) is 5.75 Å². The zero-order chi connectivity index (χ0) is 26.5. The highest BCUT2D eigenvalue weighted by Crippen LogP contribution is 2.50. The lowest BCUT2D eigenvalue weighted by molar-refractivity contribution is -0.181. The van der Waals surface area contributed by atoms with Crippen LogP contribution < -0.4 is 11.2 Å². The minimum atomic E-state index is -2.73. The van der Waals surface area contributed by atoms with Crippen molar-refractivity contribution in [2.45, 2.75) is 31.0 Å². The number of aromatic hydroxyl groups is 1. The van der Waals surface area contributed by atoms with Crippen LogP contribution in [-0.2, 0) is 37.0 Å². The second-order valence-corrected chi connectivity index (χ2v) is 9.81. The van der Waals surface area contributed by atoms with Crippen LogP contribution in [0.25, 0.3) is 0 Å². The zero-order valence-electron chi connectivity index (χ0n) is 20.0. The Hall–Kier alpha value is -3.25. The minimum absolute atomic E-state index is 0.000611. The molecule has 0 aliphatic heterocycles. The number of aliphatic hydroxyl groups is 1. The van der Waals surface area contributed by atoms with E-state index in [1.54, 1.807) is 26.2 Å². The van der Waals surface area contributed by atoms with Crippen molar-refractivity contribution < 1.29 is 39.0 Å². The van der Waals surface area contributed by atoms with Crippen molar-refractivity contribution in [1.82, 2.24) is 10.4 Å². The topological polar surface area (TPSA) is 176 Å². The average Bonchev–Trinajstić information content (AvgIpc) is 2.80. The van der Waals surface area contributed by atoms with E-state index in [0.717, 1.165) is 0 Å². The highest BCUT2D eigenvalue weighted by atomic mass is 16.6. The summed E-state index contributed by atoms with van der Waals surface area (Å²) in [7, 11) is 3.08. The normalized spacial score (nSPS) is 31.6. The van der Waals surface area contributed by atoms with Gasteiger partial charge >= 0.3 is 0 Å². The molecule has 6 atom stereocenters. The molecule has 2 saturated carbocycles. The van der Waals surface area contributed by atoms with E-state index in [0.29, 0.717) is 11.1 Å². The molecule has 4 rings (SSSR count). The van der Waals surface area contributed by atoms with Gasteiger partial charge in [-0.1, -0.05) is 12.1 Å². The molecule has 3 aliphatic carbocycles. The molecular weight excluding hydrogens is 470 g/mol. The molecule has 2 unspecified atom stereocenters. The highest BCUT2D eigenvalue weighted by Gasteiger charge is 2.69. The Balaban J connectivity index is 1.78. The SMILES string of the molecule is C=CCONCc1ccc(O)c2c1C[C@H]1C[C@H]3[C@H](N(C)C)C(=O)C(C(N)=O)C(=O)[C@@]3(O)C(=O)C1C2=O. The molecule has 0 bridgehead atoms. The predicted octanol–water partition coefficient (Wildman–Crippen LogP) is -0.926. The summed E-state index contributed by atoms with van der Waals surface area (Å²) in [5.41, 5.74) is 6.48. The van der Waals surface area contributed by atoms with E-state index in [9.17, 15) is 34.2 Å². The first kappa shape index (κ1) is 25.8. The van der Waals surface area contributed by atoms with Crippen LogP contribution in [0, 0.1) is 23.7 Å². The van der Waals surface area contributed by atoms with E-state index in [2.05, 4.69) is 12.1 Å². The number of primary amides is 1. The first-order valence-electron chi connectivity index (χ1n) is 11.6. The van der Waals surface area contributed by atoms with Crippen molar-refractivity contribution in [3.63, 3.8) is 0 Å². The Labute approximate surface area is 207 Å².